The Balaban J connectivity index is 0.00000200. The number of halogens is 1. The van der Waals surface area contributed by atoms with Crippen molar-refractivity contribution >= 4 is 12.4 Å². The minimum absolute atomic E-state index is 0. The van der Waals surface area contributed by atoms with E-state index in [4.69, 9.17) is 10.5 Å². The number of benzene rings is 2. The standard InChI is InChI=1S/C17H19NO.ClH/c1-2-6-17(18)15-9-11-16(12-10-15)19-13-14-7-4-3-5-8-14;/h2-5,7-12,17H,1,6,13,18H2;1H/t17-;/m1./s1. The quantitative estimate of drug-likeness (QED) is 0.806. The second-order valence-electron chi connectivity index (χ2n) is 4.47. The molecule has 2 N–H and O–H groups in total. The minimum Gasteiger partial charge on any atom is -0.489 e. The lowest BCUT2D eigenvalue weighted by Gasteiger charge is -2.11. The van der Waals surface area contributed by atoms with Gasteiger partial charge in [0.05, 0.1) is 0 Å². The maximum atomic E-state index is 6.01. The topological polar surface area (TPSA) is 35.2 Å². The lowest BCUT2D eigenvalue weighted by molar-refractivity contribution is 0.306. The summed E-state index contributed by atoms with van der Waals surface area (Å²) in [4.78, 5) is 0. The summed E-state index contributed by atoms with van der Waals surface area (Å²) in [6.07, 6.45) is 2.62. The van der Waals surface area contributed by atoms with Crippen LogP contribution in [-0.4, -0.2) is 0 Å². The van der Waals surface area contributed by atoms with E-state index >= 15 is 0 Å². The first-order valence-electron chi connectivity index (χ1n) is 6.43. The van der Waals surface area contributed by atoms with Crippen molar-refractivity contribution in [2.45, 2.75) is 19.1 Å². The lowest BCUT2D eigenvalue weighted by Crippen LogP contribution is -2.08. The molecule has 0 fully saturated rings. The predicted octanol–water partition coefficient (Wildman–Crippen LogP) is 4.26. The normalized spacial score (nSPS) is 11.2. The highest BCUT2D eigenvalue weighted by atomic mass is 35.5. The van der Waals surface area contributed by atoms with Gasteiger partial charge >= 0.3 is 0 Å². The first-order chi connectivity index (χ1) is 9.29. The molecule has 0 saturated carbocycles. The van der Waals surface area contributed by atoms with Gasteiger partial charge in [-0.05, 0) is 29.7 Å². The zero-order valence-electron chi connectivity index (χ0n) is 11.4. The molecule has 0 unspecified atom stereocenters. The molecular weight excluding hydrogens is 270 g/mol. The third-order valence-electron chi connectivity index (χ3n) is 2.98. The number of nitrogens with two attached hydrogens (primary N) is 1. The average molecular weight is 290 g/mol. The van der Waals surface area contributed by atoms with Crippen LogP contribution in [0.1, 0.15) is 23.6 Å². The molecule has 0 aliphatic carbocycles. The van der Waals surface area contributed by atoms with Crippen LogP contribution < -0.4 is 10.5 Å². The van der Waals surface area contributed by atoms with E-state index in [1.165, 1.54) is 0 Å². The Kier molecular flexibility index (Phi) is 6.85. The second-order valence-corrected chi connectivity index (χ2v) is 4.47. The summed E-state index contributed by atoms with van der Waals surface area (Å²) < 4.78 is 5.73. The van der Waals surface area contributed by atoms with Crippen LogP contribution >= 0.6 is 12.4 Å². The highest BCUT2D eigenvalue weighted by Crippen LogP contribution is 2.19. The van der Waals surface area contributed by atoms with E-state index in [1.807, 2.05) is 60.7 Å². The van der Waals surface area contributed by atoms with Crippen LogP contribution in [0.5, 0.6) is 5.75 Å². The van der Waals surface area contributed by atoms with Crippen LogP contribution in [0.3, 0.4) is 0 Å². The number of rotatable bonds is 6. The van der Waals surface area contributed by atoms with Gasteiger partial charge in [-0.3, -0.25) is 0 Å². The fraction of sp³-hybridized carbons (Fsp3) is 0.176. The van der Waals surface area contributed by atoms with Crippen molar-refractivity contribution in [2.75, 3.05) is 0 Å². The maximum Gasteiger partial charge on any atom is 0.119 e. The largest absolute Gasteiger partial charge is 0.489 e. The molecule has 0 aromatic heterocycles. The summed E-state index contributed by atoms with van der Waals surface area (Å²) in [6.45, 7) is 4.28. The van der Waals surface area contributed by atoms with Crippen molar-refractivity contribution in [3.63, 3.8) is 0 Å². The van der Waals surface area contributed by atoms with E-state index in [0.717, 1.165) is 23.3 Å². The molecule has 2 aromatic rings. The molecule has 3 heteroatoms. The maximum absolute atomic E-state index is 6.01. The van der Waals surface area contributed by atoms with Gasteiger partial charge in [-0.2, -0.15) is 0 Å². The lowest BCUT2D eigenvalue weighted by atomic mass is 10.0. The van der Waals surface area contributed by atoms with Gasteiger partial charge in [0.1, 0.15) is 12.4 Å². The Labute approximate surface area is 126 Å². The molecule has 0 spiro atoms. The number of ether oxygens (including phenoxy) is 1. The predicted molar refractivity (Wildman–Crippen MR) is 86.2 cm³/mol. The SMILES string of the molecule is C=CC[C@@H](N)c1ccc(OCc2ccccc2)cc1.Cl. The Morgan fingerprint density at radius 2 is 1.70 bits per heavy atom. The fourth-order valence-electron chi connectivity index (χ4n) is 1.87. The van der Waals surface area contributed by atoms with Gasteiger partial charge in [0.15, 0.2) is 0 Å². The summed E-state index contributed by atoms with van der Waals surface area (Å²) in [5.41, 5.74) is 8.27. The molecule has 2 rings (SSSR count). The van der Waals surface area contributed by atoms with Crippen LogP contribution in [0.2, 0.25) is 0 Å². The third-order valence-corrected chi connectivity index (χ3v) is 2.98. The smallest absolute Gasteiger partial charge is 0.119 e. The molecule has 0 aliphatic heterocycles. The Morgan fingerprint density at radius 1 is 1.05 bits per heavy atom. The molecule has 0 heterocycles. The van der Waals surface area contributed by atoms with Gasteiger partial charge in [-0.25, -0.2) is 0 Å². The first kappa shape index (κ1) is 16.3. The monoisotopic (exact) mass is 289 g/mol. The van der Waals surface area contributed by atoms with Gasteiger partial charge in [-0.1, -0.05) is 48.5 Å². The number of hydrogen-bond acceptors (Lipinski definition) is 2. The summed E-state index contributed by atoms with van der Waals surface area (Å²) in [5, 5.41) is 0. The molecule has 0 radical (unpaired) electrons. The first-order valence-corrected chi connectivity index (χ1v) is 6.43. The second kappa shape index (κ2) is 8.41. The van der Waals surface area contributed by atoms with Crippen molar-refractivity contribution in [3.8, 4) is 5.75 Å². The van der Waals surface area contributed by atoms with Crippen molar-refractivity contribution in [2.24, 2.45) is 5.73 Å². The molecule has 0 aliphatic rings. The molecule has 0 saturated heterocycles. The molecule has 0 bridgehead atoms. The van der Waals surface area contributed by atoms with E-state index in [-0.39, 0.29) is 18.4 Å². The van der Waals surface area contributed by atoms with E-state index < -0.39 is 0 Å². The van der Waals surface area contributed by atoms with Gasteiger partial charge in [0, 0.05) is 6.04 Å². The Hall–Kier alpha value is -1.77. The summed E-state index contributed by atoms with van der Waals surface area (Å²) in [5.74, 6) is 0.860. The van der Waals surface area contributed by atoms with Crippen LogP contribution in [-0.2, 0) is 6.61 Å². The summed E-state index contributed by atoms with van der Waals surface area (Å²) in [7, 11) is 0. The molecule has 106 valence electrons. The zero-order chi connectivity index (χ0) is 13.5. The summed E-state index contributed by atoms with van der Waals surface area (Å²) in [6, 6.07) is 18.1. The third kappa shape index (κ3) is 4.72. The van der Waals surface area contributed by atoms with Crippen LogP contribution in [0.15, 0.2) is 67.3 Å². The van der Waals surface area contributed by atoms with Crippen LogP contribution in [0.4, 0.5) is 0 Å². The Morgan fingerprint density at radius 3 is 2.30 bits per heavy atom. The van der Waals surface area contributed by atoms with Crippen molar-refractivity contribution in [3.05, 3.63) is 78.4 Å². The van der Waals surface area contributed by atoms with Crippen molar-refractivity contribution < 1.29 is 4.74 Å². The fourth-order valence-corrected chi connectivity index (χ4v) is 1.87. The summed E-state index contributed by atoms with van der Waals surface area (Å²) >= 11 is 0. The highest BCUT2D eigenvalue weighted by molar-refractivity contribution is 5.85. The zero-order valence-corrected chi connectivity index (χ0v) is 12.2. The van der Waals surface area contributed by atoms with Gasteiger partial charge < -0.3 is 10.5 Å². The van der Waals surface area contributed by atoms with E-state index in [9.17, 15) is 0 Å². The van der Waals surface area contributed by atoms with Crippen molar-refractivity contribution in [1.82, 2.24) is 0 Å². The molecule has 20 heavy (non-hydrogen) atoms. The molecule has 1 atom stereocenters. The molecule has 2 nitrogen and oxygen atoms in total. The van der Waals surface area contributed by atoms with E-state index in [2.05, 4.69) is 6.58 Å². The van der Waals surface area contributed by atoms with Gasteiger partial charge in [-0.15, -0.1) is 19.0 Å². The van der Waals surface area contributed by atoms with E-state index in [0.29, 0.717) is 6.61 Å². The van der Waals surface area contributed by atoms with Crippen LogP contribution in [0, 0.1) is 0 Å². The van der Waals surface area contributed by atoms with Gasteiger partial charge in [0.25, 0.3) is 0 Å². The van der Waals surface area contributed by atoms with Crippen LogP contribution in [0.25, 0.3) is 0 Å². The molecular formula is C17H20ClNO. The minimum atomic E-state index is 0. The highest BCUT2D eigenvalue weighted by Gasteiger charge is 2.03. The Bertz CT molecular complexity index is 510. The molecule has 0 amide bonds. The van der Waals surface area contributed by atoms with Gasteiger partial charge in [0.2, 0.25) is 0 Å². The van der Waals surface area contributed by atoms with E-state index in [1.54, 1.807) is 0 Å². The number of hydrogen-bond donors (Lipinski definition) is 1. The molecule has 2 aromatic carbocycles. The van der Waals surface area contributed by atoms with Crippen molar-refractivity contribution in [1.29, 1.82) is 0 Å². The average Bonchev–Trinajstić information content (AvgIpc) is 2.47.